The van der Waals surface area contributed by atoms with Gasteiger partial charge in [0.05, 0.1) is 5.02 Å². The van der Waals surface area contributed by atoms with Gasteiger partial charge in [0.25, 0.3) is 5.91 Å². The van der Waals surface area contributed by atoms with Crippen molar-refractivity contribution in [3.8, 4) is 0 Å². The quantitative estimate of drug-likeness (QED) is 0.484. The van der Waals surface area contributed by atoms with E-state index in [1.165, 1.54) is 22.9 Å². The van der Waals surface area contributed by atoms with Gasteiger partial charge in [-0.05, 0) is 17.7 Å². The fourth-order valence-corrected chi connectivity index (χ4v) is 2.29. The fraction of sp³-hybridized carbons (Fsp3) is 0.154. The Balaban J connectivity index is 2.08. The van der Waals surface area contributed by atoms with Crippen molar-refractivity contribution in [1.29, 1.82) is 5.41 Å². The Kier molecular flexibility index (Phi) is 5.07. The van der Waals surface area contributed by atoms with Gasteiger partial charge in [-0.15, -0.1) is 0 Å². The molecule has 0 unspecified atom stereocenters. The van der Waals surface area contributed by atoms with Gasteiger partial charge >= 0.3 is 0 Å². The Bertz CT molecular complexity index is 776. The number of carbonyl (C=O) groups excluding carboxylic acids is 1. The lowest BCUT2D eigenvalue weighted by molar-refractivity contribution is -0.115. The van der Waals surface area contributed by atoms with Gasteiger partial charge in [0.15, 0.2) is 5.82 Å². The van der Waals surface area contributed by atoms with Crippen LogP contribution in [0.5, 0.6) is 0 Å². The smallest absolute Gasteiger partial charge is 0.271 e. The highest BCUT2D eigenvalue weighted by Gasteiger charge is 2.21. The number of aryl methyl sites for hydroxylation is 1. The Morgan fingerprint density at radius 3 is 2.78 bits per heavy atom. The summed E-state index contributed by atoms with van der Waals surface area (Å²) in [5, 5.41) is 14.3. The molecule has 2 rings (SSSR count). The summed E-state index contributed by atoms with van der Waals surface area (Å²) >= 11 is 11.2. The van der Waals surface area contributed by atoms with Crippen LogP contribution in [0.4, 0.5) is 15.9 Å². The lowest BCUT2D eigenvalue weighted by atomic mass is 10.2. The molecule has 0 bridgehead atoms. The van der Waals surface area contributed by atoms with Crippen LogP contribution in [-0.4, -0.2) is 21.4 Å². The average Bonchev–Trinajstić information content (AvgIpc) is 2.81. The number of nitrogen functional groups attached to an aromatic ring is 1. The number of halogens is 3. The average molecular weight is 359 g/mol. The third kappa shape index (κ3) is 3.54. The second-order valence-electron chi connectivity index (χ2n) is 4.64. The first-order valence-corrected chi connectivity index (χ1v) is 7.11. The number of benzene rings is 1. The first-order chi connectivity index (χ1) is 10.8. The zero-order chi connectivity index (χ0) is 17.1. The Labute approximate surface area is 141 Å². The predicted molar refractivity (Wildman–Crippen MR) is 87.2 cm³/mol. The summed E-state index contributed by atoms with van der Waals surface area (Å²) in [6, 6.07) is 4.07. The molecule has 122 valence electrons. The van der Waals surface area contributed by atoms with Crippen molar-refractivity contribution in [2.45, 2.75) is 6.54 Å². The van der Waals surface area contributed by atoms with Crippen LogP contribution in [0.3, 0.4) is 0 Å². The maximum atomic E-state index is 13.1. The minimum Gasteiger partial charge on any atom is -0.394 e. The van der Waals surface area contributed by atoms with E-state index in [0.29, 0.717) is 5.56 Å². The summed E-state index contributed by atoms with van der Waals surface area (Å²) in [5.74, 6) is -0.947. The molecule has 0 fully saturated rings. The van der Waals surface area contributed by atoms with Crippen LogP contribution in [0, 0.1) is 11.2 Å². The van der Waals surface area contributed by atoms with Gasteiger partial charge in [0.1, 0.15) is 22.9 Å². The Morgan fingerprint density at radius 1 is 1.52 bits per heavy atom. The summed E-state index contributed by atoms with van der Waals surface area (Å²) in [6.07, 6.45) is 0. The first kappa shape index (κ1) is 17.0. The normalized spacial score (nSPS) is 10.4. The van der Waals surface area contributed by atoms with E-state index >= 15 is 0 Å². The van der Waals surface area contributed by atoms with Gasteiger partial charge in [0.2, 0.25) is 0 Å². The number of aromatic nitrogens is 2. The lowest BCUT2D eigenvalue weighted by Crippen LogP contribution is -2.31. The van der Waals surface area contributed by atoms with Crippen LogP contribution >= 0.6 is 23.4 Å². The van der Waals surface area contributed by atoms with Crippen molar-refractivity contribution in [3.63, 3.8) is 0 Å². The van der Waals surface area contributed by atoms with Crippen LogP contribution in [0.15, 0.2) is 18.2 Å². The minimum absolute atomic E-state index is 0.00490. The van der Waals surface area contributed by atoms with Crippen molar-refractivity contribution < 1.29 is 9.18 Å². The first-order valence-electron chi connectivity index (χ1n) is 6.35. The van der Waals surface area contributed by atoms with Crippen molar-refractivity contribution in [1.82, 2.24) is 15.1 Å². The molecule has 1 amide bonds. The number of nitrogens with zero attached hydrogens (tertiary/aromatic N) is 2. The lowest BCUT2D eigenvalue weighted by Gasteiger charge is -2.06. The predicted octanol–water partition coefficient (Wildman–Crippen LogP) is 2.04. The standard InChI is InChI=1S/C13H13Cl2FN6O/c1-22-12(20-15)9(17)11(21-22)10(18)13(23)19-5-6-2-3-8(16)7(14)4-6/h2-4,18,20H,5,17H2,1H3,(H,19,23). The molecule has 0 aliphatic rings. The number of hydrogen-bond donors (Lipinski definition) is 4. The summed E-state index contributed by atoms with van der Waals surface area (Å²) in [7, 11) is 1.57. The van der Waals surface area contributed by atoms with E-state index < -0.39 is 17.4 Å². The zero-order valence-corrected chi connectivity index (χ0v) is 13.5. The number of nitrogens with one attached hydrogen (secondary N) is 3. The minimum atomic E-state index is -0.684. The SMILES string of the molecule is Cn1nc(C(=N)C(=O)NCc2ccc(F)c(Cl)c2)c(N)c1NCl. The summed E-state index contributed by atoms with van der Waals surface area (Å²) in [4.78, 5) is 14.3. The topological polar surface area (TPSA) is 109 Å². The molecule has 2 aromatic rings. The number of hydrogen-bond acceptors (Lipinski definition) is 5. The molecule has 10 heteroatoms. The summed E-state index contributed by atoms with van der Waals surface area (Å²) in [5.41, 5.74) is 6.06. The van der Waals surface area contributed by atoms with Gasteiger partial charge in [-0.2, -0.15) is 5.10 Å². The molecule has 23 heavy (non-hydrogen) atoms. The van der Waals surface area contributed by atoms with Gasteiger partial charge < -0.3 is 11.1 Å². The molecule has 1 aromatic carbocycles. The van der Waals surface area contributed by atoms with E-state index in [0.717, 1.165) is 0 Å². The van der Waals surface area contributed by atoms with Gasteiger partial charge in [-0.25, -0.2) is 9.07 Å². The van der Waals surface area contributed by atoms with E-state index in [4.69, 9.17) is 34.5 Å². The van der Waals surface area contributed by atoms with Gasteiger partial charge in [-0.3, -0.25) is 15.0 Å². The highest BCUT2D eigenvalue weighted by Crippen LogP contribution is 2.23. The maximum absolute atomic E-state index is 13.1. The number of amides is 1. The highest BCUT2D eigenvalue weighted by atomic mass is 35.5. The molecule has 0 radical (unpaired) electrons. The molecule has 0 aliphatic carbocycles. The molecule has 0 saturated heterocycles. The molecule has 1 heterocycles. The zero-order valence-electron chi connectivity index (χ0n) is 12.0. The molecular weight excluding hydrogens is 346 g/mol. The van der Waals surface area contributed by atoms with E-state index in [2.05, 4.69) is 15.3 Å². The molecule has 0 saturated carbocycles. The number of rotatable bonds is 5. The van der Waals surface area contributed by atoms with Crippen molar-refractivity contribution >= 4 is 46.5 Å². The van der Waals surface area contributed by atoms with E-state index in [9.17, 15) is 9.18 Å². The second kappa shape index (κ2) is 6.84. The molecule has 1 aromatic heterocycles. The molecule has 0 spiro atoms. The summed E-state index contributed by atoms with van der Waals surface area (Å²) < 4.78 is 14.4. The van der Waals surface area contributed by atoms with Crippen molar-refractivity contribution in [2.75, 3.05) is 10.6 Å². The Morgan fingerprint density at radius 2 is 2.22 bits per heavy atom. The molecular formula is C13H13Cl2FN6O. The maximum Gasteiger partial charge on any atom is 0.271 e. The van der Waals surface area contributed by atoms with Crippen LogP contribution in [0.25, 0.3) is 0 Å². The monoisotopic (exact) mass is 358 g/mol. The van der Waals surface area contributed by atoms with Crippen LogP contribution < -0.4 is 15.9 Å². The van der Waals surface area contributed by atoms with E-state index in [1.54, 1.807) is 7.05 Å². The largest absolute Gasteiger partial charge is 0.394 e. The molecule has 7 nitrogen and oxygen atoms in total. The van der Waals surface area contributed by atoms with E-state index in [1.807, 2.05) is 0 Å². The van der Waals surface area contributed by atoms with Crippen LogP contribution in [0.1, 0.15) is 11.3 Å². The molecule has 5 N–H and O–H groups in total. The Hall–Kier alpha value is -2.32. The van der Waals surface area contributed by atoms with Crippen LogP contribution in [0.2, 0.25) is 5.02 Å². The van der Waals surface area contributed by atoms with Crippen LogP contribution in [-0.2, 0) is 18.4 Å². The van der Waals surface area contributed by atoms with E-state index in [-0.39, 0.29) is 28.8 Å². The van der Waals surface area contributed by atoms with Gasteiger partial charge in [-0.1, -0.05) is 17.7 Å². The number of nitrogens with two attached hydrogens (primary N) is 1. The molecule has 0 aliphatic heterocycles. The van der Waals surface area contributed by atoms with Crippen molar-refractivity contribution in [2.24, 2.45) is 7.05 Å². The van der Waals surface area contributed by atoms with Crippen molar-refractivity contribution in [3.05, 3.63) is 40.3 Å². The number of carbonyl (C=O) groups is 1. The third-order valence-electron chi connectivity index (χ3n) is 3.07. The number of anilines is 2. The molecule has 0 atom stereocenters. The second-order valence-corrected chi connectivity index (χ2v) is 5.23. The van der Waals surface area contributed by atoms with Gasteiger partial charge in [0, 0.05) is 25.4 Å². The highest BCUT2D eigenvalue weighted by molar-refractivity contribution is 6.45. The summed E-state index contributed by atoms with van der Waals surface area (Å²) in [6.45, 7) is 0.0779. The fourth-order valence-electron chi connectivity index (χ4n) is 1.86. The third-order valence-corrected chi connectivity index (χ3v) is 3.54.